The van der Waals surface area contributed by atoms with Gasteiger partial charge in [0.15, 0.2) is 0 Å². The number of ether oxygens (including phenoxy) is 1. The number of carbonyl (C=O) groups excluding carboxylic acids is 2. The topological polar surface area (TPSA) is 67.4 Å². The van der Waals surface area contributed by atoms with Gasteiger partial charge in [0.2, 0.25) is 5.91 Å². The monoisotopic (exact) mass is 290 g/mol. The Morgan fingerprint density at radius 1 is 1.43 bits per heavy atom. The van der Waals surface area contributed by atoms with Crippen molar-refractivity contribution in [2.45, 2.75) is 26.2 Å². The van der Waals surface area contributed by atoms with Crippen LogP contribution in [0.1, 0.15) is 35.2 Å². The third-order valence-corrected chi connectivity index (χ3v) is 3.96. The van der Waals surface area contributed by atoms with Crippen molar-refractivity contribution >= 4 is 17.6 Å². The van der Waals surface area contributed by atoms with Crippen molar-refractivity contribution < 1.29 is 14.3 Å². The minimum absolute atomic E-state index is 0.00739. The number of anilines is 1. The second kappa shape index (κ2) is 7.22. The molecule has 0 bridgehead atoms. The fourth-order valence-electron chi connectivity index (χ4n) is 2.61. The highest BCUT2D eigenvalue weighted by atomic mass is 16.5. The average Bonchev–Trinajstić information content (AvgIpc) is 3.00. The molecule has 1 aromatic carbocycles. The van der Waals surface area contributed by atoms with Gasteiger partial charge in [-0.2, -0.15) is 0 Å². The normalized spacial score (nSPS) is 17.5. The van der Waals surface area contributed by atoms with Gasteiger partial charge >= 0.3 is 5.97 Å². The minimum atomic E-state index is -0.388. The molecular formula is C16H22N2O3. The maximum Gasteiger partial charge on any atom is 0.338 e. The SMILES string of the molecule is COC(=O)c1cccc(NC(=O)CCC2CCNC2)c1C. The highest BCUT2D eigenvalue weighted by molar-refractivity contribution is 5.96. The highest BCUT2D eigenvalue weighted by Crippen LogP contribution is 2.21. The van der Waals surface area contributed by atoms with Crippen LogP contribution in [0.5, 0.6) is 0 Å². The van der Waals surface area contributed by atoms with Crippen LogP contribution < -0.4 is 10.6 Å². The molecule has 2 N–H and O–H groups in total. The van der Waals surface area contributed by atoms with E-state index in [0.29, 0.717) is 23.6 Å². The molecule has 0 aliphatic carbocycles. The van der Waals surface area contributed by atoms with E-state index in [9.17, 15) is 9.59 Å². The summed E-state index contributed by atoms with van der Waals surface area (Å²) in [5.41, 5.74) is 1.89. The lowest BCUT2D eigenvalue weighted by Crippen LogP contribution is -2.16. The standard InChI is InChI=1S/C16H22N2O3/c1-11-13(16(20)21-2)4-3-5-14(11)18-15(19)7-6-12-8-9-17-10-12/h3-5,12,17H,6-10H2,1-2H3,(H,18,19). The third kappa shape index (κ3) is 4.04. The first-order valence-electron chi connectivity index (χ1n) is 7.30. The van der Waals surface area contributed by atoms with E-state index in [1.165, 1.54) is 7.11 Å². The number of hydrogen-bond donors (Lipinski definition) is 2. The van der Waals surface area contributed by atoms with E-state index in [4.69, 9.17) is 4.74 Å². The Kier molecular flexibility index (Phi) is 5.33. The Morgan fingerprint density at radius 2 is 2.24 bits per heavy atom. The lowest BCUT2D eigenvalue weighted by molar-refractivity contribution is -0.116. The zero-order valence-corrected chi connectivity index (χ0v) is 12.6. The summed E-state index contributed by atoms with van der Waals surface area (Å²) in [6, 6.07) is 5.24. The van der Waals surface area contributed by atoms with Gasteiger partial charge in [0.1, 0.15) is 0 Å². The van der Waals surface area contributed by atoms with E-state index in [2.05, 4.69) is 10.6 Å². The van der Waals surface area contributed by atoms with Gasteiger partial charge in [-0.3, -0.25) is 4.79 Å². The molecule has 0 radical (unpaired) electrons. The molecule has 21 heavy (non-hydrogen) atoms. The van der Waals surface area contributed by atoms with Crippen LogP contribution in [-0.2, 0) is 9.53 Å². The molecule has 1 saturated heterocycles. The van der Waals surface area contributed by atoms with Gasteiger partial charge in [0.25, 0.3) is 0 Å². The molecular weight excluding hydrogens is 268 g/mol. The van der Waals surface area contributed by atoms with Crippen LogP contribution in [0.3, 0.4) is 0 Å². The summed E-state index contributed by atoms with van der Waals surface area (Å²) in [5.74, 6) is 0.200. The molecule has 2 rings (SSSR count). The summed E-state index contributed by atoms with van der Waals surface area (Å²) < 4.78 is 4.73. The molecule has 0 aromatic heterocycles. The molecule has 1 unspecified atom stereocenters. The van der Waals surface area contributed by atoms with E-state index in [1.54, 1.807) is 18.2 Å². The van der Waals surface area contributed by atoms with Crippen LogP contribution >= 0.6 is 0 Å². The second-order valence-electron chi connectivity index (χ2n) is 5.42. The Bertz CT molecular complexity index is 522. The number of esters is 1. The van der Waals surface area contributed by atoms with Crippen LogP contribution in [0.25, 0.3) is 0 Å². The molecule has 5 heteroatoms. The summed E-state index contributed by atoms with van der Waals surface area (Å²) in [6.45, 7) is 3.86. The summed E-state index contributed by atoms with van der Waals surface area (Å²) >= 11 is 0. The molecule has 1 fully saturated rings. The number of methoxy groups -OCH3 is 1. The largest absolute Gasteiger partial charge is 0.465 e. The van der Waals surface area contributed by atoms with Gasteiger partial charge in [0.05, 0.1) is 12.7 Å². The maximum absolute atomic E-state index is 12.0. The van der Waals surface area contributed by atoms with Crippen LogP contribution in [0.15, 0.2) is 18.2 Å². The van der Waals surface area contributed by atoms with Crippen molar-refractivity contribution in [2.24, 2.45) is 5.92 Å². The average molecular weight is 290 g/mol. The van der Waals surface area contributed by atoms with Crippen molar-refractivity contribution in [3.8, 4) is 0 Å². The van der Waals surface area contributed by atoms with Crippen LogP contribution in [0.2, 0.25) is 0 Å². The van der Waals surface area contributed by atoms with E-state index in [1.807, 2.05) is 6.92 Å². The molecule has 0 spiro atoms. The molecule has 1 aliphatic heterocycles. The molecule has 1 atom stereocenters. The first-order valence-corrected chi connectivity index (χ1v) is 7.30. The van der Waals surface area contributed by atoms with Gasteiger partial charge in [-0.25, -0.2) is 4.79 Å². The van der Waals surface area contributed by atoms with Gasteiger partial charge in [-0.15, -0.1) is 0 Å². The van der Waals surface area contributed by atoms with Crippen molar-refractivity contribution in [2.75, 3.05) is 25.5 Å². The van der Waals surface area contributed by atoms with Crippen LogP contribution in [0.4, 0.5) is 5.69 Å². The van der Waals surface area contributed by atoms with E-state index in [0.717, 1.165) is 31.5 Å². The lowest BCUT2D eigenvalue weighted by Gasteiger charge is -2.12. The van der Waals surface area contributed by atoms with E-state index < -0.39 is 0 Å². The number of hydrogen-bond acceptors (Lipinski definition) is 4. The van der Waals surface area contributed by atoms with Crippen molar-refractivity contribution in [1.82, 2.24) is 5.32 Å². The zero-order valence-electron chi connectivity index (χ0n) is 12.6. The Morgan fingerprint density at radius 3 is 2.90 bits per heavy atom. The van der Waals surface area contributed by atoms with E-state index >= 15 is 0 Å². The van der Waals surface area contributed by atoms with E-state index in [-0.39, 0.29) is 11.9 Å². The first-order chi connectivity index (χ1) is 10.1. The molecule has 114 valence electrons. The minimum Gasteiger partial charge on any atom is -0.465 e. The number of carbonyl (C=O) groups is 2. The predicted molar refractivity (Wildman–Crippen MR) is 81.4 cm³/mol. The Labute approximate surface area is 125 Å². The van der Waals surface area contributed by atoms with Gasteiger partial charge in [0, 0.05) is 12.1 Å². The fourth-order valence-corrected chi connectivity index (χ4v) is 2.61. The lowest BCUT2D eigenvalue weighted by atomic mass is 10.0. The molecule has 1 amide bonds. The molecule has 1 aliphatic rings. The van der Waals surface area contributed by atoms with Gasteiger partial charge in [-0.05, 0) is 56.5 Å². The summed E-state index contributed by atoms with van der Waals surface area (Å²) in [6.07, 6.45) is 2.55. The van der Waals surface area contributed by atoms with Gasteiger partial charge < -0.3 is 15.4 Å². The number of nitrogens with one attached hydrogen (secondary N) is 2. The van der Waals surface area contributed by atoms with Crippen molar-refractivity contribution in [3.05, 3.63) is 29.3 Å². The first kappa shape index (κ1) is 15.5. The summed E-state index contributed by atoms with van der Waals surface area (Å²) in [7, 11) is 1.35. The van der Waals surface area contributed by atoms with Crippen LogP contribution in [-0.4, -0.2) is 32.1 Å². The third-order valence-electron chi connectivity index (χ3n) is 3.96. The molecule has 5 nitrogen and oxygen atoms in total. The van der Waals surface area contributed by atoms with Crippen molar-refractivity contribution in [3.63, 3.8) is 0 Å². The van der Waals surface area contributed by atoms with Gasteiger partial charge in [-0.1, -0.05) is 6.07 Å². The molecule has 1 heterocycles. The highest BCUT2D eigenvalue weighted by Gasteiger charge is 2.17. The summed E-state index contributed by atoms with van der Waals surface area (Å²) in [5, 5.41) is 6.18. The molecule has 0 saturated carbocycles. The Hall–Kier alpha value is -1.88. The van der Waals surface area contributed by atoms with Crippen LogP contribution in [0, 0.1) is 12.8 Å². The number of rotatable bonds is 5. The van der Waals surface area contributed by atoms with Crippen molar-refractivity contribution in [1.29, 1.82) is 0 Å². The predicted octanol–water partition coefficient (Wildman–Crippen LogP) is 2.11. The fraction of sp³-hybridized carbons (Fsp3) is 0.500. The smallest absolute Gasteiger partial charge is 0.338 e. The maximum atomic E-state index is 12.0. The summed E-state index contributed by atoms with van der Waals surface area (Å²) in [4.78, 5) is 23.7. The molecule has 1 aromatic rings. The number of amides is 1. The number of benzene rings is 1. The second-order valence-corrected chi connectivity index (χ2v) is 5.42. The Balaban J connectivity index is 1.95. The zero-order chi connectivity index (χ0) is 15.2. The quantitative estimate of drug-likeness (QED) is 0.815.